The van der Waals surface area contributed by atoms with E-state index in [0.29, 0.717) is 42.1 Å². The number of carboxylic acid groups (broad SMARTS) is 1. The number of carbonyl (C=O) groups excluding carboxylic acids is 1. The number of carboxylic acids is 1. The molecule has 13 nitrogen and oxygen atoms in total. The summed E-state index contributed by atoms with van der Waals surface area (Å²) in [6.07, 6.45) is 7.74. The molecule has 6 heterocycles. The molecule has 2 saturated heterocycles. The Labute approximate surface area is 226 Å². The summed E-state index contributed by atoms with van der Waals surface area (Å²) >= 11 is 1.03. The van der Waals surface area contributed by atoms with Crippen LogP contribution in [0.4, 0.5) is 5.82 Å². The van der Waals surface area contributed by atoms with Gasteiger partial charge in [-0.1, -0.05) is 0 Å². The van der Waals surface area contributed by atoms with Gasteiger partial charge < -0.3 is 20.1 Å². The first-order valence-electron chi connectivity index (χ1n) is 12.7. The maximum atomic E-state index is 13.1. The van der Waals surface area contributed by atoms with E-state index in [1.807, 2.05) is 4.90 Å². The fraction of sp³-hybridized carbons (Fsp3) is 0.400. The quantitative estimate of drug-likeness (QED) is 0.346. The Hall–Kier alpha value is -4.17. The van der Waals surface area contributed by atoms with Gasteiger partial charge >= 0.3 is 5.97 Å². The van der Waals surface area contributed by atoms with Crippen LogP contribution < -0.4 is 15.6 Å². The molecule has 0 aliphatic carbocycles. The number of ether oxygens (including phenoxy) is 1. The number of aromatic carboxylic acids is 1. The molecule has 4 aromatic heterocycles. The number of anilines is 1. The summed E-state index contributed by atoms with van der Waals surface area (Å²) in [5.74, 6) is -0.630. The lowest BCUT2D eigenvalue weighted by Crippen LogP contribution is -2.55. The van der Waals surface area contributed by atoms with Gasteiger partial charge in [-0.25, -0.2) is 14.5 Å². The lowest BCUT2D eigenvalue weighted by molar-refractivity contribution is -0.126. The van der Waals surface area contributed by atoms with Gasteiger partial charge in [0.2, 0.25) is 16.5 Å². The van der Waals surface area contributed by atoms with Crippen LogP contribution in [-0.4, -0.2) is 78.0 Å². The first-order chi connectivity index (χ1) is 18.9. The highest BCUT2D eigenvalue weighted by molar-refractivity contribution is 7.08. The molecule has 0 saturated carbocycles. The number of hydrogen-bond acceptors (Lipinski definition) is 10. The summed E-state index contributed by atoms with van der Waals surface area (Å²) in [7, 11) is 0. The molecule has 0 spiro atoms. The zero-order valence-electron chi connectivity index (χ0n) is 21.1. The Balaban J connectivity index is 1.29. The van der Waals surface area contributed by atoms with Crippen LogP contribution >= 0.6 is 11.5 Å². The average molecular weight is 551 g/mol. The molecule has 2 aliphatic rings. The summed E-state index contributed by atoms with van der Waals surface area (Å²) in [5.41, 5.74) is -0.159. The Morgan fingerprint density at radius 1 is 1.26 bits per heavy atom. The van der Waals surface area contributed by atoms with Crippen molar-refractivity contribution in [3.05, 3.63) is 52.1 Å². The fourth-order valence-electron chi connectivity index (χ4n) is 4.88. The van der Waals surface area contributed by atoms with Crippen LogP contribution in [0.5, 0.6) is 0 Å². The first-order valence-corrected chi connectivity index (χ1v) is 13.4. The summed E-state index contributed by atoms with van der Waals surface area (Å²) in [4.78, 5) is 48.9. The second-order valence-electron chi connectivity index (χ2n) is 9.71. The van der Waals surface area contributed by atoms with Crippen molar-refractivity contribution >= 4 is 40.3 Å². The van der Waals surface area contributed by atoms with Crippen molar-refractivity contribution in [2.24, 2.45) is 5.92 Å². The van der Waals surface area contributed by atoms with Gasteiger partial charge in [0.05, 0.1) is 17.4 Å². The Morgan fingerprint density at radius 2 is 2.10 bits per heavy atom. The molecule has 0 radical (unpaired) electrons. The Morgan fingerprint density at radius 3 is 2.82 bits per heavy atom. The van der Waals surface area contributed by atoms with Gasteiger partial charge in [0.25, 0.3) is 5.95 Å². The zero-order chi connectivity index (χ0) is 27.1. The maximum Gasteiger partial charge on any atom is 0.341 e. The minimum absolute atomic E-state index is 0.0130. The monoisotopic (exact) mass is 550 g/mol. The number of nitrogens with one attached hydrogen (secondary N) is 1. The van der Waals surface area contributed by atoms with Crippen LogP contribution in [0.1, 0.15) is 35.2 Å². The Bertz CT molecular complexity index is 1600. The lowest BCUT2D eigenvalue weighted by Gasteiger charge is -2.39. The molecular weight excluding hydrogens is 524 g/mol. The fourth-order valence-corrected chi connectivity index (χ4v) is 5.52. The van der Waals surface area contributed by atoms with E-state index in [9.17, 15) is 19.5 Å². The van der Waals surface area contributed by atoms with Crippen molar-refractivity contribution in [1.82, 2.24) is 34.0 Å². The zero-order valence-corrected chi connectivity index (χ0v) is 21.9. The minimum Gasteiger partial charge on any atom is -0.477 e. The second-order valence-corrected chi connectivity index (χ2v) is 10.4. The molecule has 1 atom stereocenters. The molecule has 14 heteroatoms. The van der Waals surface area contributed by atoms with Gasteiger partial charge in [-0.2, -0.15) is 10.1 Å². The van der Waals surface area contributed by atoms with Crippen LogP contribution in [0.15, 0.2) is 35.5 Å². The molecule has 6 rings (SSSR count). The van der Waals surface area contributed by atoms with Crippen LogP contribution in [0.25, 0.3) is 22.1 Å². The van der Waals surface area contributed by atoms with E-state index in [1.165, 1.54) is 15.4 Å². The van der Waals surface area contributed by atoms with Crippen LogP contribution in [0.3, 0.4) is 0 Å². The van der Waals surface area contributed by atoms with Gasteiger partial charge in [0, 0.05) is 56.4 Å². The number of fused-ring (bicyclic) bond motifs is 1. The lowest BCUT2D eigenvalue weighted by atomic mass is 9.98. The molecule has 0 bridgehead atoms. The van der Waals surface area contributed by atoms with Gasteiger partial charge in [0.1, 0.15) is 11.4 Å². The third kappa shape index (κ3) is 4.76. The van der Waals surface area contributed by atoms with E-state index in [1.54, 1.807) is 31.5 Å². The third-order valence-corrected chi connectivity index (χ3v) is 7.75. The predicted molar refractivity (Wildman–Crippen MR) is 142 cm³/mol. The third-order valence-electron chi connectivity index (χ3n) is 7.05. The Kier molecular flexibility index (Phi) is 6.56. The molecule has 1 unspecified atom stereocenters. The molecule has 4 aromatic rings. The topological polar surface area (TPSA) is 157 Å². The molecule has 1 amide bonds. The van der Waals surface area contributed by atoms with Gasteiger partial charge in [-0.15, -0.1) is 4.37 Å². The number of rotatable bonds is 7. The van der Waals surface area contributed by atoms with Crippen molar-refractivity contribution in [2.45, 2.75) is 32.3 Å². The van der Waals surface area contributed by atoms with Crippen molar-refractivity contribution in [2.75, 3.05) is 31.1 Å². The van der Waals surface area contributed by atoms with E-state index in [0.717, 1.165) is 37.4 Å². The second kappa shape index (κ2) is 10.2. The highest BCUT2D eigenvalue weighted by Gasteiger charge is 2.34. The van der Waals surface area contributed by atoms with E-state index in [-0.39, 0.29) is 29.0 Å². The van der Waals surface area contributed by atoms with E-state index >= 15 is 0 Å². The molecular formula is C25H26N8O5S. The normalized spacial score (nSPS) is 17.8. The van der Waals surface area contributed by atoms with Crippen molar-refractivity contribution in [1.29, 1.82) is 0 Å². The number of nitrogens with zero attached hydrogens (tertiary/aromatic N) is 7. The number of pyridine rings is 2. The van der Waals surface area contributed by atoms with Crippen LogP contribution in [-0.2, 0) is 9.53 Å². The predicted octanol–water partition coefficient (Wildman–Crippen LogP) is 1.55. The number of aryl methyl sites for hydroxylation is 1. The van der Waals surface area contributed by atoms with E-state index < -0.39 is 17.0 Å². The first kappa shape index (κ1) is 25.1. The van der Waals surface area contributed by atoms with Gasteiger partial charge in [-0.3, -0.25) is 14.2 Å². The molecule has 2 N–H and O–H groups in total. The summed E-state index contributed by atoms with van der Waals surface area (Å²) in [5, 5.41) is 17.4. The van der Waals surface area contributed by atoms with Crippen molar-refractivity contribution < 1.29 is 19.4 Å². The number of aromatic nitrogens is 6. The highest BCUT2D eigenvalue weighted by atomic mass is 32.1. The average Bonchev–Trinajstić information content (AvgIpc) is 3.60. The molecule has 0 aromatic carbocycles. The number of amides is 1. The van der Waals surface area contributed by atoms with Crippen molar-refractivity contribution in [3.63, 3.8) is 0 Å². The summed E-state index contributed by atoms with van der Waals surface area (Å²) in [6.45, 7) is 3.97. The highest BCUT2D eigenvalue weighted by Crippen LogP contribution is 2.28. The minimum atomic E-state index is -1.34. The number of carbonyl (C=O) groups is 2. The largest absolute Gasteiger partial charge is 0.477 e. The summed E-state index contributed by atoms with van der Waals surface area (Å²) in [6, 6.07) is 3.48. The van der Waals surface area contributed by atoms with Crippen LogP contribution in [0.2, 0.25) is 0 Å². The molecule has 202 valence electrons. The van der Waals surface area contributed by atoms with E-state index in [4.69, 9.17) is 9.72 Å². The van der Waals surface area contributed by atoms with Crippen molar-refractivity contribution in [3.8, 4) is 11.1 Å². The summed E-state index contributed by atoms with van der Waals surface area (Å²) < 4.78 is 13.0. The van der Waals surface area contributed by atoms with E-state index in [2.05, 4.69) is 19.8 Å². The number of hydrogen-bond donors (Lipinski definition) is 2. The standard InChI is InChI=1S/C25H26N8O5S/c1-14-9-18(31-11-15(12-31)22(35)26-10-16-5-2-3-8-38-16)28-21-19(14)20(34)17(23(36)37)13-32(21)25-29-24(30-39-25)33-7-4-6-27-33/h4,6-7,9,13,15-16H,2-3,5,8,10-12H2,1H3,(H,26,35)(H,36,37). The molecule has 39 heavy (non-hydrogen) atoms. The van der Waals surface area contributed by atoms with Gasteiger partial charge in [0.15, 0.2) is 5.65 Å². The SMILES string of the molecule is Cc1cc(N2CC(C(=O)NCC3CCCCO3)C2)nc2c1c(=O)c(C(=O)O)cn2-c1nc(-n2cccn2)ns1. The van der Waals surface area contributed by atoms with Crippen LogP contribution in [0, 0.1) is 12.8 Å². The van der Waals surface area contributed by atoms with Gasteiger partial charge in [-0.05, 0) is 43.9 Å². The molecule has 2 fully saturated rings. The smallest absolute Gasteiger partial charge is 0.341 e. The molecule has 2 aliphatic heterocycles. The maximum absolute atomic E-state index is 13.1.